The Morgan fingerprint density at radius 3 is 3.00 bits per heavy atom. The van der Waals surface area contributed by atoms with Crippen molar-refractivity contribution in [1.29, 1.82) is 0 Å². The number of hydrogen-bond acceptors (Lipinski definition) is 5. The van der Waals surface area contributed by atoms with E-state index in [0.29, 0.717) is 12.2 Å². The van der Waals surface area contributed by atoms with Crippen LogP contribution in [0.3, 0.4) is 0 Å². The van der Waals surface area contributed by atoms with Crippen LogP contribution in [0.2, 0.25) is 0 Å². The lowest BCUT2D eigenvalue weighted by molar-refractivity contribution is 0.0940. The first kappa shape index (κ1) is 10.3. The van der Waals surface area contributed by atoms with Gasteiger partial charge in [-0.25, -0.2) is 4.63 Å². The van der Waals surface area contributed by atoms with Gasteiger partial charge in [-0.3, -0.25) is 9.78 Å². The number of aryl methyl sites for hydroxylation is 1. The van der Waals surface area contributed by atoms with Gasteiger partial charge in [-0.05, 0) is 23.7 Å². The van der Waals surface area contributed by atoms with Crippen LogP contribution in [-0.4, -0.2) is 21.2 Å². The molecule has 0 aliphatic rings. The fraction of sp³-hybridized carbons (Fsp3) is 0.200. The molecule has 6 heteroatoms. The van der Waals surface area contributed by atoms with Crippen LogP contribution < -0.4 is 5.32 Å². The van der Waals surface area contributed by atoms with Crippen LogP contribution in [0.15, 0.2) is 29.2 Å². The summed E-state index contributed by atoms with van der Waals surface area (Å²) in [5.74, 6) is -0.303. The first-order valence-corrected chi connectivity index (χ1v) is 4.73. The van der Waals surface area contributed by atoms with E-state index in [2.05, 4.69) is 25.2 Å². The molecule has 1 amide bonds. The Kier molecular flexibility index (Phi) is 2.90. The predicted octanol–water partition coefficient (Wildman–Crippen LogP) is 0.703. The molecule has 0 saturated heterocycles. The van der Waals surface area contributed by atoms with Gasteiger partial charge in [-0.1, -0.05) is 11.2 Å². The molecule has 0 aliphatic carbocycles. The molecular weight excluding hydrogens is 208 g/mol. The highest BCUT2D eigenvalue weighted by atomic mass is 16.6. The average molecular weight is 218 g/mol. The summed E-state index contributed by atoms with van der Waals surface area (Å²) in [5.41, 5.74) is 1.61. The molecule has 2 aromatic rings. The largest absolute Gasteiger partial charge is 0.346 e. The van der Waals surface area contributed by atoms with Crippen LogP contribution >= 0.6 is 0 Å². The third-order valence-corrected chi connectivity index (χ3v) is 2.04. The summed E-state index contributed by atoms with van der Waals surface area (Å²) >= 11 is 0. The van der Waals surface area contributed by atoms with Crippen molar-refractivity contribution >= 4 is 5.91 Å². The van der Waals surface area contributed by atoms with Crippen molar-refractivity contribution in [3.8, 4) is 0 Å². The van der Waals surface area contributed by atoms with Crippen molar-refractivity contribution in [3.63, 3.8) is 0 Å². The second kappa shape index (κ2) is 4.52. The minimum Gasteiger partial charge on any atom is -0.346 e. The third-order valence-electron chi connectivity index (χ3n) is 2.04. The summed E-state index contributed by atoms with van der Waals surface area (Å²) < 4.78 is 4.45. The Balaban J connectivity index is 1.97. The van der Waals surface area contributed by atoms with E-state index < -0.39 is 0 Å². The van der Waals surface area contributed by atoms with Crippen LogP contribution in [-0.2, 0) is 6.54 Å². The second-order valence-electron chi connectivity index (χ2n) is 3.24. The zero-order valence-electron chi connectivity index (χ0n) is 8.67. The third kappa shape index (κ3) is 2.22. The van der Waals surface area contributed by atoms with E-state index in [-0.39, 0.29) is 11.6 Å². The van der Waals surface area contributed by atoms with E-state index in [1.807, 2.05) is 12.1 Å². The van der Waals surface area contributed by atoms with Crippen molar-refractivity contribution in [2.45, 2.75) is 13.5 Å². The maximum Gasteiger partial charge on any atom is 0.275 e. The fourth-order valence-electron chi connectivity index (χ4n) is 1.21. The van der Waals surface area contributed by atoms with Crippen molar-refractivity contribution in [2.75, 3.05) is 0 Å². The van der Waals surface area contributed by atoms with Crippen LogP contribution in [0.1, 0.15) is 21.7 Å². The lowest BCUT2D eigenvalue weighted by Crippen LogP contribution is -2.23. The zero-order valence-corrected chi connectivity index (χ0v) is 8.67. The number of nitrogens with zero attached hydrogens (tertiary/aromatic N) is 3. The molecule has 0 fully saturated rings. The molecule has 0 unspecified atom stereocenters. The SMILES string of the molecule is Cc1nonc1C(=O)NCc1cccnc1. The number of aromatic nitrogens is 3. The summed E-state index contributed by atoms with van der Waals surface area (Å²) in [4.78, 5) is 15.6. The van der Waals surface area contributed by atoms with E-state index in [1.165, 1.54) is 0 Å². The van der Waals surface area contributed by atoms with Gasteiger partial charge in [0.25, 0.3) is 5.91 Å². The highest BCUT2D eigenvalue weighted by Gasteiger charge is 2.14. The van der Waals surface area contributed by atoms with Crippen LogP contribution in [0, 0.1) is 6.92 Å². The van der Waals surface area contributed by atoms with Gasteiger partial charge in [0.05, 0.1) is 0 Å². The van der Waals surface area contributed by atoms with E-state index in [0.717, 1.165) is 5.56 Å². The molecule has 2 rings (SSSR count). The second-order valence-corrected chi connectivity index (χ2v) is 3.24. The summed E-state index contributed by atoms with van der Waals surface area (Å²) in [6, 6.07) is 3.69. The van der Waals surface area contributed by atoms with Gasteiger partial charge in [0, 0.05) is 18.9 Å². The quantitative estimate of drug-likeness (QED) is 0.820. The molecular formula is C10H10N4O2. The maximum atomic E-state index is 11.6. The molecule has 0 aromatic carbocycles. The average Bonchev–Trinajstić information content (AvgIpc) is 2.74. The lowest BCUT2D eigenvalue weighted by atomic mass is 10.2. The number of carbonyl (C=O) groups excluding carboxylic acids is 1. The smallest absolute Gasteiger partial charge is 0.275 e. The van der Waals surface area contributed by atoms with Gasteiger partial charge in [0.15, 0.2) is 5.69 Å². The van der Waals surface area contributed by atoms with E-state index in [4.69, 9.17) is 0 Å². The summed E-state index contributed by atoms with van der Waals surface area (Å²) in [7, 11) is 0. The molecule has 0 aliphatic heterocycles. The molecule has 0 bridgehead atoms. The number of hydrogen-bond donors (Lipinski definition) is 1. The number of pyridine rings is 1. The highest BCUT2D eigenvalue weighted by Crippen LogP contribution is 2.01. The van der Waals surface area contributed by atoms with Gasteiger partial charge in [-0.2, -0.15) is 0 Å². The normalized spacial score (nSPS) is 10.1. The Morgan fingerprint density at radius 2 is 2.38 bits per heavy atom. The summed E-state index contributed by atoms with van der Waals surface area (Å²) in [5, 5.41) is 9.75. The van der Waals surface area contributed by atoms with Crippen molar-refractivity contribution in [1.82, 2.24) is 20.6 Å². The van der Waals surface area contributed by atoms with Crippen LogP contribution in [0.25, 0.3) is 0 Å². The van der Waals surface area contributed by atoms with E-state index in [1.54, 1.807) is 19.3 Å². The van der Waals surface area contributed by atoms with Gasteiger partial charge in [0.1, 0.15) is 5.69 Å². The molecule has 1 N–H and O–H groups in total. The Bertz CT molecular complexity index is 481. The van der Waals surface area contributed by atoms with Crippen LogP contribution in [0.4, 0.5) is 0 Å². The van der Waals surface area contributed by atoms with Gasteiger partial charge in [-0.15, -0.1) is 0 Å². The number of rotatable bonds is 3. The maximum absolute atomic E-state index is 11.6. The molecule has 0 atom stereocenters. The first-order valence-electron chi connectivity index (χ1n) is 4.73. The fourth-order valence-corrected chi connectivity index (χ4v) is 1.21. The van der Waals surface area contributed by atoms with Crippen molar-refractivity contribution in [3.05, 3.63) is 41.5 Å². The number of carbonyl (C=O) groups is 1. The van der Waals surface area contributed by atoms with E-state index in [9.17, 15) is 4.79 Å². The molecule has 2 aromatic heterocycles. The van der Waals surface area contributed by atoms with Crippen molar-refractivity contribution < 1.29 is 9.42 Å². The minimum absolute atomic E-state index is 0.212. The Morgan fingerprint density at radius 1 is 1.50 bits per heavy atom. The monoisotopic (exact) mass is 218 g/mol. The lowest BCUT2D eigenvalue weighted by Gasteiger charge is -2.02. The molecule has 0 spiro atoms. The van der Waals surface area contributed by atoms with Crippen molar-refractivity contribution in [2.24, 2.45) is 0 Å². The molecule has 16 heavy (non-hydrogen) atoms. The first-order chi connectivity index (χ1) is 7.77. The molecule has 82 valence electrons. The Labute approximate surface area is 91.7 Å². The standard InChI is InChI=1S/C10H10N4O2/c1-7-9(14-16-13-7)10(15)12-6-8-3-2-4-11-5-8/h2-5H,6H2,1H3,(H,12,15). The molecule has 2 heterocycles. The predicted molar refractivity (Wildman–Crippen MR) is 54.4 cm³/mol. The molecule has 6 nitrogen and oxygen atoms in total. The number of nitrogens with one attached hydrogen (secondary N) is 1. The van der Waals surface area contributed by atoms with Crippen LogP contribution in [0.5, 0.6) is 0 Å². The highest BCUT2D eigenvalue weighted by molar-refractivity contribution is 5.92. The molecule has 0 radical (unpaired) electrons. The Hall–Kier alpha value is -2.24. The van der Waals surface area contributed by atoms with Gasteiger partial charge < -0.3 is 5.32 Å². The summed E-state index contributed by atoms with van der Waals surface area (Å²) in [6.45, 7) is 2.06. The molecule has 0 saturated carbocycles. The minimum atomic E-state index is -0.303. The topological polar surface area (TPSA) is 80.9 Å². The number of amides is 1. The van der Waals surface area contributed by atoms with Gasteiger partial charge >= 0.3 is 0 Å². The van der Waals surface area contributed by atoms with E-state index >= 15 is 0 Å². The van der Waals surface area contributed by atoms with Gasteiger partial charge in [0.2, 0.25) is 0 Å². The summed E-state index contributed by atoms with van der Waals surface area (Å²) in [6.07, 6.45) is 3.37. The zero-order chi connectivity index (χ0) is 11.4.